The molecule has 0 saturated heterocycles. The van der Waals surface area contributed by atoms with Crippen LogP contribution < -0.4 is 0 Å². The van der Waals surface area contributed by atoms with Crippen LogP contribution in [0.15, 0.2) is 0 Å². The zero-order valence-corrected chi connectivity index (χ0v) is 16.3. The first-order chi connectivity index (χ1) is 8.91. The second-order valence-corrected chi connectivity index (χ2v) is 9.96. The molecule has 0 N–H and O–H groups in total. The van der Waals surface area contributed by atoms with E-state index in [1.165, 1.54) is 94.3 Å². The second kappa shape index (κ2) is 18.1. The third-order valence-corrected chi connectivity index (χ3v) is 6.79. The summed E-state index contributed by atoms with van der Waals surface area (Å²) in [6.07, 6.45) is 20.5. The van der Waals surface area contributed by atoms with Gasteiger partial charge in [-0.05, 0) is 0 Å². The predicted octanol–water partition coefficient (Wildman–Crippen LogP) is 6.44. The Hall–Kier alpha value is 1.15. The summed E-state index contributed by atoms with van der Waals surface area (Å²) < 4.78 is 1.48. The van der Waals surface area contributed by atoms with E-state index in [1.54, 1.807) is 0 Å². The van der Waals surface area contributed by atoms with Gasteiger partial charge in [-0.2, -0.15) is 0 Å². The molecule has 2 radical (unpaired) electrons. The van der Waals surface area contributed by atoms with E-state index in [0.29, 0.717) is 0 Å². The van der Waals surface area contributed by atoms with Crippen molar-refractivity contribution in [3.8, 4) is 0 Å². The van der Waals surface area contributed by atoms with Gasteiger partial charge < -0.3 is 0 Å². The molecule has 0 saturated carbocycles. The van der Waals surface area contributed by atoms with Crippen molar-refractivity contribution < 1.29 is 0 Å². The molecule has 0 fully saturated rings. The Morgan fingerprint density at radius 3 is 1.22 bits per heavy atom. The van der Waals surface area contributed by atoms with Gasteiger partial charge in [0.2, 0.25) is 0 Å². The zero-order chi connectivity index (χ0) is 13.3. The van der Waals surface area contributed by atoms with Crippen LogP contribution in [0.3, 0.4) is 0 Å². The predicted molar refractivity (Wildman–Crippen MR) is 89.9 cm³/mol. The van der Waals surface area contributed by atoms with E-state index in [9.17, 15) is 0 Å². The molecule has 18 heavy (non-hydrogen) atoms. The first-order valence-electron chi connectivity index (χ1n) is 8.28. The van der Waals surface area contributed by atoms with Gasteiger partial charge in [0.15, 0.2) is 0 Å². The molecule has 0 amide bonds. The Labute approximate surface area is 130 Å². The molecule has 0 aromatic carbocycles. The van der Waals surface area contributed by atoms with Crippen LogP contribution in [0.5, 0.6) is 0 Å². The molecular formula is C16H34SSn. The molecule has 0 spiro atoms. The Bertz CT molecular complexity index is 123. The average Bonchev–Trinajstić information content (AvgIpc) is 2.39. The summed E-state index contributed by atoms with van der Waals surface area (Å²) in [6, 6.07) is 0. The summed E-state index contributed by atoms with van der Waals surface area (Å²) >= 11 is -0.182. The summed E-state index contributed by atoms with van der Waals surface area (Å²) in [6.45, 7) is 2.29. The van der Waals surface area contributed by atoms with Crippen molar-refractivity contribution in [2.24, 2.45) is 0 Å². The summed E-state index contributed by atoms with van der Waals surface area (Å²) in [5.41, 5.74) is 0. The zero-order valence-electron chi connectivity index (χ0n) is 12.6. The van der Waals surface area contributed by atoms with Crippen LogP contribution in [0, 0.1) is 0 Å². The van der Waals surface area contributed by atoms with Crippen LogP contribution in [0.2, 0.25) is 4.44 Å². The molecule has 0 bridgehead atoms. The van der Waals surface area contributed by atoms with E-state index in [-0.39, 0.29) is 19.8 Å². The first-order valence-corrected chi connectivity index (χ1v) is 14.6. The summed E-state index contributed by atoms with van der Waals surface area (Å²) in [5.74, 6) is 0. The minimum absolute atomic E-state index is 0.182. The van der Waals surface area contributed by atoms with Crippen LogP contribution in [-0.2, 0) is 0 Å². The Kier molecular flexibility index (Phi) is 19.3. The molecule has 0 aromatic rings. The molecule has 0 aliphatic heterocycles. The number of unbranched alkanes of at least 4 members (excludes halogenated alkanes) is 13. The van der Waals surface area contributed by atoms with Gasteiger partial charge in [-0.1, -0.05) is 26.2 Å². The van der Waals surface area contributed by atoms with E-state index >= 15 is 0 Å². The van der Waals surface area contributed by atoms with Gasteiger partial charge >= 0.3 is 105 Å². The normalized spacial score (nSPS) is 11.0. The van der Waals surface area contributed by atoms with E-state index in [1.807, 2.05) is 0 Å². The van der Waals surface area contributed by atoms with Crippen LogP contribution in [0.25, 0.3) is 0 Å². The van der Waals surface area contributed by atoms with E-state index in [2.05, 4.69) is 16.7 Å². The van der Waals surface area contributed by atoms with E-state index < -0.39 is 0 Å². The van der Waals surface area contributed by atoms with Crippen molar-refractivity contribution >= 4 is 29.6 Å². The standard InChI is InChI=1S/C16H33.H2S.Sn/c1-3-5-7-9-11-13-15-16-14-12-10-8-6-4-2;;/h1,3-16H2,2H3;1H2;/q;;+1/p-1. The molecule has 0 aliphatic rings. The van der Waals surface area contributed by atoms with Crippen molar-refractivity contribution in [2.75, 3.05) is 0 Å². The molecule has 2 heteroatoms. The number of hydrogen-bond donors (Lipinski definition) is 1. The average molecular weight is 377 g/mol. The molecule has 0 unspecified atom stereocenters. The molecule has 0 aliphatic carbocycles. The molecule has 0 aromatic heterocycles. The summed E-state index contributed by atoms with van der Waals surface area (Å²) in [4.78, 5) is 0. The Morgan fingerprint density at radius 1 is 0.556 bits per heavy atom. The number of rotatable bonds is 15. The Morgan fingerprint density at radius 2 is 0.889 bits per heavy atom. The third-order valence-electron chi connectivity index (χ3n) is 3.64. The van der Waals surface area contributed by atoms with Gasteiger partial charge in [0.1, 0.15) is 0 Å². The van der Waals surface area contributed by atoms with E-state index in [0.717, 1.165) is 0 Å². The van der Waals surface area contributed by atoms with Crippen LogP contribution in [-0.4, -0.2) is 19.8 Å². The maximum absolute atomic E-state index is 4.41. The van der Waals surface area contributed by atoms with Crippen LogP contribution >= 0.6 is 9.81 Å². The molecule has 0 nitrogen and oxygen atoms in total. The Balaban J connectivity index is 2.86. The summed E-state index contributed by atoms with van der Waals surface area (Å²) in [7, 11) is 4.41. The van der Waals surface area contributed by atoms with Crippen molar-refractivity contribution in [2.45, 2.75) is 101 Å². The van der Waals surface area contributed by atoms with Crippen molar-refractivity contribution in [1.29, 1.82) is 0 Å². The fourth-order valence-electron chi connectivity index (χ4n) is 2.40. The fourth-order valence-corrected chi connectivity index (χ4v) is 4.62. The van der Waals surface area contributed by atoms with Gasteiger partial charge in [-0.3, -0.25) is 0 Å². The number of hydrogen-bond acceptors (Lipinski definition) is 1. The molecule has 108 valence electrons. The van der Waals surface area contributed by atoms with Gasteiger partial charge in [0, 0.05) is 0 Å². The molecule has 0 heterocycles. The maximum atomic E-state index is 4.41. The fraction of sp³-hybridized carbons (Fsp3) is 1.00. The van der Waals surface area contributed by atoms with Gasteiger partial charge in [-0.25, -0.2) is 0 Å². The third kappa shape index (κ3) is 17.1. The topological polar surface area (TPSA) is 0 Å². The van der Waals surface area contributed by atoms with Crippen molar-refractivity contribution in [3.63, 3.8) is 0 Å². The monoisotopic (exact) mass is 378 g/mol. The van der Waals surface area contributed by atoms with Crippen molar-refractivity contribution in [1.82, 2.24) is 0 Å². The van der Waals surface area contributed by atoms with Gasteiger partial charge in [-0.15, -0.1) is 0 Å². The van der Waals surface area contributed by atoms with E-state index in [4.69, 9.17) is 0 Å². The minimum atomic E-state index is -0.182. The molecular weight excluding hydrogens is 343 g/mol. The summed E-state index contributed by atoms with van der Waals surface area (Å²) in [5, 5.41) is 0. The molecule has 0 atom stereocenters. The first kappa shape index (κ1) is 19.1. The number of thiol groups is 1. The van der Waals surface area contributed by atoms with Crippen LogP contribution in [0.4, 0.5) is 0 Å². The van der Waals surface area contributed by atoms with Crippen molar-refractivity contribution in [3.05, 3.63) is 0 Å². The van der Waals surface area contributed by atoms with Gasteiger partial charge in [0.25, 0.3) is 0 Å². The van der Waals surface area contributed by atoms with Crippen LogP contribution in [0.1, 0.15) is 96.8 Å². The SMILES string of the molecule is CCCCCCCCCCCCCCC[CH2][Sn][SH]. The van der Waals surface area contributed by atoms with Gasteiger partial charge in [0.05, 0.1) is 0 Å². The quantitative estimate of drug-likeness (QED) is 0.190. The molecule has 0 rings (SSSR count). The second-order valence-electron chi connectivity index (χ2n) is 5.50.